The number of methoxy groups -OCH3 is 1. The predicted octanol–water partition coefficient (Wildman–Crippen LogP) is 1.81. The number of carbonyl (C=O) groups excluding carboxylic acids is 1. The van der Waals surface area contributed by atoms with Crippen LogP contribution < -0.4 is 4.90 Å². The third-order valence-electron chi connectivity index (χ3n) is 2.68. The zero-order valence-electron chi connectivity index (χ0n) is 12.2. The number of carboxylic acid groups (broad SMARTS) is 1. The molecule has 0 saturated carbocycles. The van der Waals surface area contributed by atoms with Crippen LogP contribution in [0.1, 0.15) is 31.1 Å². The summed E-state index contributed by atoms with van der Waals surface area (Å²) in [5.41, 5.74) is -0.468. The summed E-state index contributed by atoms with van der Waals surface area (Å²) in [5.74, 6) is -0.716. The van der Waals surface area contributed by atoms with Gasteiger partial charge in [0.1, 0.15) is 5.82 Å². The smallest absolute Gasteiger partial charge is 0.337 e. The minimum atomic E-state index is -1.05. The molecule has 1 aromatic heterocycles. The first kappa shape index (κ1) is 16.1. The molecule has 0 bridgehead atoms. The van der Waals surface area contributed by atoms with Crippen molar-refractivity contribution in [2.75, 3.05) is 25.2 Å². The van der Waals surface area contributed by atoms with E-state index in [1.165, 1.54) is 23.2 Å². The molecule has 0 radical (unpaired) electrons. The highest BCUT2D eigenvalue weighted by Gasteiger charge is 2.28. The molecular formula is C14H20N2O4. The van der Waals surface area contributed by atoms with Crippen molar-refractivity contribution >= 4 is 17.7 Å². The highest BCUT2D eigenvalue weighted by molar-refractivity contribution is 5.96. The van der Waals surface area contributed by atoms with Gasteiger partial charge in [0.2, 0.25) is 5.91 Å². The van der Waals surface area contributed by atoms with Crippen LogP contribution >= 0.6 is 0 Å². The normalized spacial score (nSPS) is 11.2. The van der Waals surface area contributed by atoms with E-state index < -0.39 is 11.4 Å². The summed E-state index contributed by atoms with van der Waals surface area (Å²) < 4.78 is 5.00. The van der Waals surface area contributed by atoms with Gasteiger partial charge in [0.15, 0.2) is 0 Å². The van der Waals surface area contributed by atoms with Gasteiger partial charge in [-0.3, -0.25) is 9.69 Å². The maximum atomic E-state index is 12.4. The zero-order valence-corrected chi connectivity index (χ0v) is 12.2. The van der Waals surface area contributed by atoms with E-state index in [4.69, 9.17) is 9.84 Å². The Morgan fingerprint density at radius 3 is 2.40 bits per heavy atom. The van der Waals surface area contributed by atoms with Gasteiger partial charge >= 0.3 is 5.97 Å². The number of carboxylic acids is 1. The fourth-order valence-electron chi connectivity index (χ4n) is 1.58. The number of ether oxygens (including phenoxy) is 1. The number of amides is 1. The van der Waals surface area contributed by atoms with Gasteiger partial charge in [-0.25, -0.2) is 9.78 Å². The maximum Gasteiger partial charge on any atom is 0.337 e. The van der Waals surface area contributed by atoms with Crippen LogP contribution in [0.5, 0.6) is 0 Å². The van der Waals surface area contributed by atoms with E-state index >= 15 is 0 Å². The quantitative estimate of drug-likeness (QED) is 0.889. The van der Waals surface area contributed by atoms with Crippen LogP contribution in [0.3, 0.4) is 0 Å². The van der Waals surface area contributed by atoms with E-state index in [0.29, 0.717) is 19.0 Å². The highest BCUT2D eigenvalue weighted by Crippen LogP contribution is 2.21. The van der Waals surface area contributed by atoms with Crippen LogP contribution in [-0.4, -0.2) is 42.2 Å². The molecule has 0 fully saturated rings. The molecule has 6 nitrogen and oxygen atoms in total. The van der Waals surface area contributed by atoms with Crippen molar-refractivity contribution in [3.8, 4) is 0 Å². The molecule has 0 aliphatic rings. The topological polar surface area (TPSA) is 79.7 Å². The largest absolute Gasteiger partial charge is 0.478 e. The Kier molecular flexibility index (Phi) is 5.21. The Labute approximate surface area is 118 Å². The third-order valence-corrected chi connectivity index (χ3v) is 2.68. The van der Waals surface area contributed by atoms with Crippen molar-refractivity contribution in [2.45, 2.75) is 20.8 Å². The molecule has 0 unspecified atom stereocenters. The number of aromatic carboxylic acids is 1. The average Bonchev–Trinajstić information content (AvgIpc) is 2.38. The lowest BCUT2D eigenvalue weighted by molar-refractivity contribution is -0.126. The fraction of sp³-hybridized carbons (Fsp3) is 0.500. The summed E-state index contributed by atoms with van der Waals surface area (Å²) in [6.07, 6.45) is 1.24. The standard InChI is InChI=1S/C14H20N2O4/c1-14(2,3)13(19)16(7-8-20-4)11-6-5-10(9-15-11)12(17)18/h5-6,9H,7-8H2,1-4H3,(H,17,18). The summed E-state index contributed by atoms with van der Waals surface area (Å²) in [5, 5.41) is 8.85. The zero-order chi connectivity index (χ0) is 15.3. The molecule has 1 amide bonds. The van der Waals surface area contributed by atoms with Crippen LogP contribution in [0.25, 0.3) is 0 Å². The lowest BCUT2D eigenvalue weighted by Crippen LogP contribution is -2.42. The molecule has 0 atom stereocenters. The molecule has 0 aliphatic carbocycles. The average molecular weight is 280 g/mol. The Morgan fingerprint density at radius 2 is 2.00 bits per heavy atom. The molecule has 0 aliphatic heterocycles. The Hall–Kier alpha value is -1.95. The first-order valence-corrected chi connectivity index (χ1v) is 6.27. The Morgan fingerprint density at radius 1 is 1.35 bits per heavy atom. The third kappa shape index (κ3) is 4.03. The van der Waals surface area contributed by atoms with Crippen LogP contribution in [0.2, 0.25) is 0 Å². The van der Waals surface area contributed by atoms with Gasteiger partial charge in [-0.15, -0.1) is 0 Å². The molecule has 20 heavy (non-hydrogen) atoms. The van der Waals surface area contributed by atoms with E-state index in [2.05, 4.69) is 4.98 Å². The van der Waals surface area contributed by atoms with E-state index in [0.717, 1.165) is 0 Å². The molecule has 0 aromatic carbocycles. The van der Waals surface area contributed by atoms with Gasteiger partial charge < -0.3 is 9.84 Å². The minimum absolute atomic E-state index is 0.0867. The predicted molar refractivity (Wildman–Crippen MR) is 74.9 cm³/mol. The number of anilines is 1. The van der Waals surface area contributed by atoms with Crippen LogP contribution in [0, 0.1) is 5.41 Å². The number of pyridine rings is 1. The highest BCUT2D eigenvalue weighted by atomic mass is 16.5. The van der Waals surface area contributed by atoms with Crippen molar-refractivity contribution < 1.29 is 19.4 Å². The summed E-state index contributed by atoms with van der Waals surface area (Å²) in [6, 6.07) is 2.96. The van der Waals surface area contributed by atoms with Crippen LogP contribution in [0.15, 0.2) is 18.3 Å². The molecule has 1 heterocycles. The number of carbonyl (C=O) groups is 2. The van der Waals surface area contributed by atoms with E-state index in [1.54, 1.807) is 7.11 Å². The maximum absolute atomic E-state index is 12.4. The molecule has 0 spiro atoms. The van der Waals surface area contributed by atoms with E-state index in [-0.39, 0.29) is 11.5 Å². The summed E-state index contributed by atoms with van der Waals surface area (Å²) in [7, 11) is 1.56. The molecule has 1 aromatic rings. The van der Waals surface area contributed by atoms with Crippen LogP contribution in [0.4, 0.5) is 5.82 Å². The van der Waals surface area contributed by atoms with E-state index in [1.807, 2.05) is 20.8 Å². The van der Waals surface area contributed by atoms with Crippen molar-refractivity contribution in [2.24, 2.45) is 5.41 Å². The van der Waals surface area contributed by atoms with Gasteiger partial charge in [0.25, 0.3) is 0 Å². The molecule has 0 saturated heterocycles. The van der Waals surface area contributed by atoms with Gasteiger partial charge in [-0.2, -0.15) is 0 Å². The van der Waals surface area contributed by atoms with Gasteiger partial charge in [-0.05, 0) is 12.1 Å². The molecule has 1 N–H and O–H groups in total. The molecule has 110 valence electrons. The van der Waals surface area contributed by atoms with E-state index in [9.17, 15) is 9.59 Å². The summed E-state index contributed by atoms with van der Waals surface area (Å²) >= 11 is 0. The van der Waals surface area contributed by atoms with Crippen molar-refractivity contribution in [3.05, 3.63) is 23.9 Å². The first-order chi connectivity index (χ1) is 9.27. The lowest BCUT2D eigenvalue weighted by atomic mass is 9.94. The number of aromatic nitrogens is 1. The van der Waals surface area contributed by atoms with Gasteiger partial charge in [-0.1, -0.05) is 20.8 Å². The van der Waals surface area contributed by atoms with Crippen molar-refractivity contribution in [1.82, 2.24) is 4.98 Å². The first-order valence-electron chi connectivity index (χ1n) is 6.27. The molecule has 1 rings (SSSR count). The number of rotatable bonds is 5. The number of hydrogen-bond donors (Lipinski definition) is 1. The van der Waals surface area contributed by atoms with Gasteiger partial charge in [0.05, 0.1) is 18.7 Å². The number of nitrogens with zero attached hydrogens (tertiary/aromatic N) is 2. The summed E-state index contributed by atoms with van der Waals surface area (Å²) in [4.78, 5) is 28.8. The molecular weight excluding hydrogens is 260 g/mol. The van der Waals surface area contributed by atoms with Crippen molar-refractivity contribution in [1.29, 1.82) is 0 Å². The second kappa shape index (κ2) is 6.47. The Bertz CT molecular complexity index is 477. The molecule has 6 heteroatoms. The Balaban J connectivity index is 3.04. The SMILES string of the molecule is COCCN(C(=O)C(C)(C)C)c1ccc(C(=O)O)cn1. The second-order valence-electron chi connectivity index (χ2n) is 5.41. The monoisotopic (exact) mass is 280 g/mol. The van der Waals surface area contributed by atoms with Gasteiger partial charge in [0, 0.05) is 18.7 Å². The van der Waals surface area contributed by atoms with Crippen LogP contribution in [-0.2, 0) is 9.53 Å². The minimum Gasteiger partial charge on any atom is -0.478 e. The van der Waals surface area contributed by atoms with Crippen molar-refractivity contribution in [3.63, 3.8) is 0 Å². The lowest BCUT2D eigenvalue weighted by Gasteiger charge is -2.28. The fourth-order valence-corrected chi connectivity index (χ4v) is 1.58. The summed E-state index contributed by atoms with van der Waals surface area (Å²) in [6.45, 7) is 6.21. The number of hydrogen-bond acceptors (Lipinski definition) is 4. The second-order valence-corrected chi connectivity index (χ2v) is 5.41.